The van der Waals surface area contributed by atoms with Gasteiger partial charge in [0.1, 0.15) is 0 Å². The minimum Gasteiger partial charge on any atom is -0.394 e. The molecule has 7 nitrogen and oxygen atoms in total. The van der Waals surface area contributed by atoms with Gasteiger partial charge in [-0.1, -0.05) is 26.2 Å². The summed E-state index contributed by atoms with van der Waals surface area (Å²) in [6, 6.07) is 0. The third kappa shape index (κ3) is 23.7. The van der Waals surface area contributed by atoms with E-state index in [0.717, 1.165) is 13.0 Å². The van der Waals surface area contributed by atoms with Crippen LogP contribution in [0.3, 0.4) is 0 Å². The summed E-state index contributed by atoms with van der Waals surface area (Å²) in [5.74, 6) is 0. The number of ether oxygens (including phenoxy) is 6. The summed E-state index contributed by atoms with van der Waals surface area (Å²) in [4.78, 5) is 0. The van der Waals surface area contributed by atoms with Crippen LogP contribution in [-0.2, 0) is 28.4 Å². The molecule has 0 saturated carbocycles. The Labute approximate surface area is 152 Å². The highest BCUT2D eigenvalue weighted by Crippen LogP contribution is 1.98. The van der Waals surface area contributed by atoms with E-state index in [1.54, 1.807) is 0 Å². The third-order valence-corrected chi connectivity index (χ3v) is 3.24. The molecule has 1 N–H and O–H groups in total. The number of hydrogen-bond donors (Lipinski definition) is 1. The maximum absolute atomic E-state index is 8.51. The largest absolute Gasteiger partial charge is 0.394 e. The highest BCUT2D eigenvalue weighted by molar-refractivity contribution is 4.40. The van der Waals surface area contributed by atoms with Gasteiger partial charge in [-0.05, 0) is 6.42 Å². The summed E-state index contributed by atoms with van der Waals surface area (Å²) in [5.41, 5.74) is 0. The summed E-state index contributed by atoms with van der Waals surface area (Å²) < 4.78 is 32.0. The Kier molecular flexibility index (Phi) is 23.5. The zero-order valence-electron chi connectivity index (χ0n) is 15.9. The highest BCUT2D eigenvalue weighted by atomic mass is 16.6. The summed E-state index contributed by atoms with van der Waals surface area (Å²) in [5, 5.41) is 8.51. The SMILES string of the molecule is CCCCCCOCCOCCOCCOCCOCCOCCO. The number of aliphatic hydroxyl groups excluding tert-OH is 1. The molecule has 0 fully saturated rings. The molecule has 7 heteroatoms. The molecular weight excluding hydrogens is 328 g/mol. The van der Waals surface area contributed by atoms with Gasteiger partial charge in [0.15, 0.2) is 0 Å². The van der Waals surface area contributed by atoms with Crippen LogP contribution in [0.15, 0.2) is 0 Å². The number of unbranched alkanes of at least 4 members (excludes halogenated alkanes) is 3. The van der Waals surface area contributed by atoms with Crippen molar-refractivity contribution in [3.8, 4) is 0 Å². The van der Waals surface area contributed by atoms with Gasteiger partial charge < -0.3 is 33.5 Å². The van der Waals surface area contributed by atoms with Crippen molar-refractivity contribution >= 4 is 0 Å². The molecule has 0 aliphatic heterocycles. The average molecular weight is 366 g/mol. The van der Waals surface area contributed by atoms with Gasteiger partial charge in [0, 0.05) is 6.61 Å². The summed E-state index contributed by atoms with van der Waals surface area (Å²) >= 11 is 0. The lowest BCUT2D eigenvalue weighted by molar-refractivity contribution is -0.0182. The first kappa shape index (κ1) is 24.7. The van der Waals surface area contributed by atoms with E-state index >= 15 is 0 Å². The van der Waals surface area contributed by atoms with Crippen LogP contribution in [0.2, 0.25) is 0 Å². The molecule has 0 aliphatic carbocycles. The van der Waals surface area contributed by atoms with Crippen LogP contribution in [0.1, 0.15) is 32.6 Å². The van der Waals surface area contributed by atoms with E-state index in [1.807, 2.05) is 0 Å². The summed E-state index contributed by atoms with van der Waals surface area (Å²) in [6.45, 7) is 9.03. The molecule has 0 heterocycles. The first-order valence-corrected chi connectivity index (χ1v) is 9.49. The lowest BCUT2D eigenvalue weighted by atomic mass is 10.2. The predicted octanol–water partition coefficient (Wildman–Crippen LogP) is 1.66. The van der Waals surface area contributed by atoms with Gasteiger partial charge in [-0.3, -0.25) is 0 Å². The van der Waals surface area contributed by atoms with Crippen LogP contribution >= 0.6 is 0 Å². The molecule has 0 bridgehead atoms. The van der Waals surface area contributed by atoms with E-state index in [1.165, 1.54) is 19.3 Å². The van der Waals surface area contributed by atoms with Crippen molar-refractivity contribution in [2.75, 3.05) is 85.9 Å². The molecule has 0 saturated heterocycles. The monoisotopic (exact) mass is 366 g/mol. The highest BCUT2D eigenvalue weighted by Gasteiger charge is 1.94. The minimum absolute atomic E-state index is 0.0427. The van der Waals surface area contributed by atoms with Crippen LogP contribution in [0.25, 0.3) is 0 Å². The Hall–Kier alpha value is -0.280. The number of rotatable bonds is 22. The molecule has 25 heavy (non-hydrogen) atoms. The Morgan fingerprint density at radius 1 is 0.440 bits per heavy atom. The van der Waals surface area contributed by atoms with Gasteiger partial charge in [0.05, 0.1) is 79.3 Å². The molecule has 0 spiro atoms. The fourth-order valence-electron chi connectivity index (χ4n) is 1.90. The molecule has 0 rings (SSSR count). The molecule has 0 aliphatic rings. The van der Waals surface area contributed by atoms with Crippen LogP contribution in [0.4, 0.5) is 0 Å². The molecule has 152 valence electrons. The standard InChI is InChI=1S/C18H38O7/c1-2-3-4-5-7-20-9-11-22-13-15-24-17-18-25-16-14-23-12-10-21-8-6-19/h19H,2-18H2,1H3. The lowest BCUT2D eigenvalue weighted by Crippen LogP contribution is -2.14. The van der Waals surface area contributed by atoms with Crippen molar-refractivity contribution in [2.24, 2.45) is 0 Å². The smallest absolute Gasteiger partial charge is 0.0701 e. The van der Waals surface area contributed by atoms with Gasteiger partial charge in [0.2, 0.25) is 0 Å². The number of hydrogen-bond acceptors (Lipinski definition) is 7. The Bertz CT molecular complexity index is 207. The summed E-state index contributed by atoms with van der Waals surface area (Å²) in [6.07, 6.45) is 4.93. The van der Waals surface area contributed by atoms with Crippen LogP contribution < -0.4 is 0 Å². The lowest BCUT2D eigenvalue weighted by Gasteiger charge is -2.08. The Balaban J connectivity index is 2.94. The van der Waals surface area contributed by atoms with Gasteiger partial charge in [-0.25, -0.2) is 0 Å². The van der Waals surface area contributed by atoms with E-state index in [0.29, 0.717) is 72.7 Å². The maximum atomic E-state index is 8.51. The van der Waals surface area contributed by atoms with E-state index in [9.17, 15) is 0 Å². The molecule has 0 aromatic heterocycles. The maximum Gasteiger partial charge on any atom is 0.0701 e. The second-order valence-corrected chi connectivity index (χ2v) is 5.46. The van der Waals surface area contributed by atoms with Crippen molar-refractivity contribution in [3.05, 3.63) is 0 Å². The first-order valence-electron chi connectivity index (χ1n) is 9.49. The second kappa shape index (κ2) is 23.7. The fourth-order valence-corrected chi connectivity index (χ4v) is 1.90. The third-order valence-electron chi connectivity index (χ3n) is 3.24. The molecule has 0 radical (unpaired) electrons. The van der Waals surface area contributed by atoms with Crippen LogP contribution in [0.5, 0.6) is 0 Å². The first-order chi connectivity index (χ1) is 12.4. The molecule has 0 amide bonds. The minimum atomic E-state index is 0.0427. The zero-order chi connectivity index (χ0) is 18.3. The van der Waals surface area contributed by atoms with Crippen molar-refractivity contribution in [3.63, 3.8) is 0 Å². The normalized spacial score (nSPS) is 11.3. The number of aliphatic hydroxyl groups is 1. The second-order valence-electron chi connectivity index (χ2n) is 5.46. The zero-order valence-corrected chi connectivity index (χ0v) is 15.9. The summed E-state index contributed by atoms with van der Waals surface area (Å²) in [7, 11) is 0. The van der Waals surface area contributed by atoms with E-state index in [2.05, 4.69) is 6.92 Å². The van der Waals surface area contributed by atoms with Crippen molar-refractivity contribution in [2.45, 2.75) is 32.6 Å². The van der Waals surface area contributed by atoms with E-state index in [4.69, 9.17) is 33.5 Å². The molecule has 0 atom stereocenters. The van der Waals surface area contributed by atoms with Crippen molar-refractivity contribution in [1.82, 2.24) is 0 Å². The Morgan fingerprint density at radius 2 is 0.800 bits per heavy atom. The van der Waals surface area contributed by atoms with Crippen molar-refractivity contribution < 1.29 is 33.5 Å². The van der Waals surface area contributed by atoms with Crippen LogP contribution in [0, 0.1) is 0 Å². The predicted molar refractivity (Wildman–Crippen MR) is 96.1 cm³/mol. The van der Waals surface area contributed by atoms with Gasteiger partial charge in [-0.15, -0.1) is 0 Å². The fraction of sp³-hybridized carbons (Fsp3) is 1.00. The quantitative estimate of drug-likeness (QED) is 0.292. The topological polar surface area (TPSA) is 75.6 Å². The van der Waals surface area contributed by atoms with E-state index < -0.39 is 0 Å². The van der Waals surface area contributed by atoms with E-state index in [-0.39, 0.29) is 6.61 Å². The van der Waals surface area contributed by atoms with Gasteiger partial charge >= 0.3 is 0 Å². The molecule has 0 unspecified atom stereocenters. The molecule has 0 aromatic carbocycles. The Morgan fingerprint density at radius 3 is 1.16 bits per heavy atom. The van der Waals surface area contributed by atoms with Gasteiger partial charge in [0.25, 0.3) is 0 Å². The van der Waals surface area contributed by atoms with Gasteiger partial charge in [-0.2, -0.15) is 0 Å². The average Bonchev–Trinajstić information content (AvgIpc) is 2.63. The van der Waals surface area contributed by atoms with Crippen molar-refractivity contribution in [1.29, 1.82) is 0 Å². The molecule has 0 aromatic rings. The van der Waals surface area contributed by atoms with Crippen LogP contribution in [-0.4, -0.2) is 91.0 Å². The molecular formula is C18H38O7.